The van der Waals surface area contributed by atoms with E-state index in [-0.39, 0.29) is 17.7 Å². The van der Waals surface area contributed by atoms with E-state index in [4.69, 9.17) is 20.9 Å². The maximum atomic E-state index is 12.4. The molecular weight excluding hydrogens is 396 g/mol. The van der Waals surface area contributed by atoms with E-state index in [1.165, 1.54) is 6.08 Å². The van der Waals surface area contributed by atoms with E-state index in [0.29, 0.717) is 49.9 Å². The lowest BCUT2D eigenvalue weighted by atomic mass is 9.98. The number of aromatic nitrogens is 1. The zero-order valence-electron chi connectivity index (χ0n) is 17.8. The van der Waals surface area contributed by atoms with Crippen LogP contribution in [0.15, 0.2) is 36.9 Å². The number of para-hydroxylation sites is 1. The number of morpholine rings is 1. The van der Waals surface area contributed by atoms with Crippen LogP contribution in [0, 0.1) is 0 Å². The summed E-state index contributed by atoms with van der Waals surface area (Å²) < 4.78 is 10.9. The molecule has 6 N–H and O–H groups in total. The number of nitrogens with one attached hydrogen (secondary N) is 1. The van der Waals surface area contributed by atoms with Crippen molar-refractivity contribution in [2.24, 2.45) is 5.73 Å². The van der Waals surface area contributed by atoms with Crippen molar-refractivity contribution < 1.29 is 19.4 Å². The van der Waals surface area contributed by atoms with Gasteiger partial charge in [-0.1, -0.05) is 18.7 Å². The molecule has 1 aromatic carbocycles. The van der Waals surface area contributed by atoms with Gasteiger partial charge in [-0.25, -0.2) is 0 Å². The number of ether oxygens (including phenoxy) is 2. The molecule has 1 aromatic heterocycles. The Kier molecular flexibility index (Phi) is 7.38. The summed E-state index contributed by atoms with van der Waals surface area (Å²) in [6.45, 7) is 5.50. The number of nitrogen functional groups attached to an aromatic ring is 1. The van der Waals surface area contributed by atoms with E-state index in [9.17, 15) is 9.90 Å². The zero-order valence-corrected chi connectivity index (χ0v) is 17.8. The summed E-state index contributed by atoms with van der Waals surface area (Å²) in [5.74, 6) is 0.377. The summed E-state index contributed by atoms with van der Waals surface area (Å²) in [6, 6.07) is 6.56. The molecule has 3 rings (SSSR count). The Morgan fingerprint density at radius 2 is 2.23 bits per heavy atom. The molecule has 2 aromatic rings. The topological polar surface area (TPSA) is 127 Å². The van der Waals surface area contributed by atoms with Gasteiger partial charge in [0.2, 0.25) is 5.91 Å². The first kappa shape index (κ1) is 22.5. The van der Waals surface area contributed by atoms with Gasteiger partial charge in [-0.05, 0) is 42.7 Å². The lowest BCUT2D eigenvalue weighted by Gasteiger charge is -2.35. The molecule has 1 fully saturated rings. The maximum absolute atomic E-state index is 12.4. The molecule has 1 unspecified atom stereocenters. The van der Waals surface area contributed by atoms with Crippen molar-refractivity contribution in [1.82, 2.24) is 9.88 Å². The minimum Gasteiger partial charge on any atom is -0.507 e. The molecule has 1 aliphatic rings. The number of hydrogen-bond donors (Lipinski definition) is 4. The van der Waals surface area contributed by atoms with Gasteiger partial charge in [-0.2, -0.15) is 0 Å². The maximum Gasteiger partial charge on any atom is 0.246 e. The van der Waals surface area contributed by atoms with Crippen LogP contribution < -0.4 is 11.5 Å². The van der Waals surface area contributed by atoms with E-state index in [0.717, 1.165) is 23.2 Å². The summed E-state index contributed by atoms with van der Waals surface area (Å²) >= 11 is 0. The molecular formula is C23H30N4O4. The van der Waals surface area contributed by atoms with Crippen LogP contribution >= 0.6 is 0 Å². The first-order valence-corrected chi connectivity index (χ1v) is 10.2. The Morgan fingerprint density at radius 1 is 1.45 bits per heavy atom. The normalized spacial score (nSPS) is 17.0. The van der Waals surface area contributed by atoms with Crippen LogP contribution in [0.2, 0.25) is 0 Å². The average molecular weight is 427 g/mol. The second-order valence-corrected chi connectivity index (χ2v) is 7.38. The minimum atomic E-state index is -0.312. The van der Waals surface area contributed by atoms with Crippen LogP contribution in [0.4, 0.5) is 5.82 Å². The second-order valence-electron chi connectivity index (χ2n) is 7.38. The second kappa shape index (κ2) is 10.2. The van der Waals surface area contributed by atoms with E-state index < -0.39 is 0 Å². The van der Waals surface area contributed by atoms with Crippen molar-refractivity contribution in [1.29, 1.82) is 0 Å². The molecule has 0 radical (unpaired) electrons. The van der Waals surface area contributed by atoms with Crippen LogP contribution in [-0.2, 0) is 20.7 Å². The molecule has 8 nitrogen and oxygen atoms in total. The molecule has 8 heteroatoms. The molecule has 1 amide bonds. The van der Waals surface area contributed by atoms with Crippen molar-refractivity contribution in [3.63, 3.8) is 0 Å². The number of aromatic hydroxyl groups is 1. The van der Waals surface area contributed by atoms with E-state index >= 15 is 0 Å². The third kappa shape index (κ3) is 4.92. The Hall–Kier alpha value is -3.23. The lowest BCUT2D eigenvalue weighted by molar-refractivity contribution is -0.135. The van der Waals surface area contributed by atoms with Gasteiger partial charge in [0.1, 0.15) is 11.6 Å². The third-order valence-electron chi connectivity index (χ3n) is 5.42. The number of rotatable bonds is 8. The highest BCUT2D eigenvalue weighted by atomic mass is 16.5. The van der Waals surface area contributed by atoms with Crippen molar-refractivity contribution in [3.8, 4) is 5.75 Å². The van der Waals surface area contributed by atoms with Crippen molar-refractivity contribution in [2.45, 2.75) is 18.9 Å². The Bertz CT molecular complexity index is 966. The summed E-state index contributed by atoms with van der Waals surface area (Å²) in [4.78, 5) is 17.4. The first-order chi connectivity index (χ1) is 15.0. The first-order valence-electron chi connectivity index (χ1n) is 10.2. The van der Waals surface area contributed by atoms with Crippen LogP contribution in [0.25, 0.3) is 11.8 Å². The standard InChI is InChI=1S/C23H30N4O4/c1-3-21(29)27-10-12-31-14-19(27)22-15(8-6-11-30-2)17(23(25)26-22)13-18(24)16-7-4-5-9-20(16)28/h3-5,7,9,13,19,26,28H,1,6,8,10-12,14,24-25H2,2H3/b18-13-. The average Bonchev–Trinajstić information content (AvgIpc) is 3.08. The molecule has 2 heterocycles. The molecule has 1 atom stereocenters. The van der Waals surface area contributed by atoms with Crippen LogP contribution in [-0.4, -0.2) is 54.4 Å². The number of carbonyl (C=O) groups excluding carboxylic acids is 1. The monoisotopic (exact) mass is 426 g/mol. The minimum absolute atomic E-state index is 0.0925. The third-order valence-corrected chi connectivity index (χ3v) is 5.42. The number of aromatic amines is 1. The van der Waals surface area contributed by atoms with Crippen LogP contribution in [0.1, 0.15) is 34.8 Å². The highest BCUT2D eigenvalue weighted by Crippen LogP contribution is 2.35. The van der Waals surface area contributed by atoms with Crippen LogP contribution in [0.3, 0.4) is 0 Å². The Labute approximate surface area is 182 Å². The number of amides is 1. The fraction of sp³-hybridized carbons (Fsp3) is 0.348. The van der Waals surface area contributed by atoms with Gasteiger partial charge in [0.05, 0.1) is 19.3 Å². The number of phenolic OH excluding ortho intramolecular Hbond substituents is 1. The fourth-order valence-corrected chi connectivity index (χ4v) is 3.88. The molecule has 1 saturated heterocycles. The smallest absolute Gasteiger partial charge is 0.246 e. The van der Waals surface area contributed by atoms with Gasteiger partial charge < -0.3 is 35.9 Å². The van der Waals surface area contributed by atoms with Gasteiger partial charge in [-0.15, -0.1) is 0 Å². The van der Waals surface area contributed by atoms with Crippen molar-refractivity contribution >= 4 is 23.5 Å². The van der Waals surface area contributed by atoms with E-state index in [1.54, 1.807) is 42.4 Å². The number of nitrogens with zero attached hydrogens (tertiary/aromatic N) is 1. The molecule has 0 spiro atoms. The number of methoxy groups -OCH3 is 1. The van der Waals surface area contributed by atoms with Crippen molar-refractivity contribution in [3.05, 3.63) is 59.3 Å². The highest BCUT2D eigenvalue weighted by molar-refractivity contribution is 5.88. The molecule has 31 heavy (non-hydrogen) atoms. The Morgan fingerprint density at radius 3 is 2.94 bits per heavy atom. The predicted octanol–water partition coefficient (Wildman–Crippen LogP) is 2.42. The van der Waals surface area contributed by atoms with Gasteiger partial charge in [0, 0.05) is 42.8 Å². The summed E-state index contributed by atoms with van der Waals surface area (Å²) in [5, 5.41) is 10.2. The van der Waals surface area contributed by atoms with Crippen LogP contribution in [0.5, 0.6) is 5.75 Å². The zero-order chi connectivity index (χ0) is 22.4. The van der Waals surface area contributed by atoms with Crippen molar-refractivity contribution in [2.75, 3.05) is 39.2 Å². The number of H-pyrrole nitrogens is 1. The van der Waals surface area contributed by atoms with Gasteiger partial charge in [0.15, 0.2) is 0 Å². The number of nitrogens with two attached hydrogens (primary N) is 2. The fourth-order valence-electron chi connectivity index (χ4n) is 3.88. The Balaban J connectivity index is 2.06. The molecule has 0 saturated carbocycles. The van der Waals surface area contributed by atoms with Gasteiger partial charge in [0.25, 0.3) is 0 Å². The number of benzene rings is 1. The van der Waals surface area contributed by atoms with Gasteiger partial charge >= 0.3 is 0 Å². The highest BCUT2D eigenvalue weighted by Gasteiger charge is 2.31. The molecule has 0 bridgehead atoms. The molecule has 1 aliphatic heterocycles. The molecule has 0 aliphatic carbocycles. The summed E-state index contributed by atoms with van der Waals surface area (Å²) in [7, 11) is 1.66. The SMILES string of the molecule is C=CC(=O)N1CCOCC1c1[nH]c(N)c(/C=C(\N)c2ccccc2O)c1CCCOC. The van der Waals surface area contributed by atoms with E-state index in [2.05, 4.69) is 11.6 Å². The van der Waals surface area contributed by atoms with Gasteiger partial charge in [-0.3, -0.25) is 4.79 Å². The van der Waals surface area contributed by atoms with E-state index in [1.807, 2.05) is 0 Å². The number of carbonyl (C=O) groups is 1. The number of hydrogen-bond acceptors (Lipinski definition) is 6. The number of anilines is 1. The number of phenols is 1. The largest absolute Gasteiger partial charge is 0.507 e. The molecule has 166 valence electrons. The summed E-state index contributed by atoms with van der Waals surface area (Å²) in [6.07, 6.45) is 4.51. The predicted molar refractivity (Wildman–Crippen MR) is 121 cm³/mol. The lowest BCUT2D eigenvalue weighted by Crippen LogP contribution is -2.43. The summed E-state index contributed by atoms with van der Waals surface area (Å²) in [5.41, 5.74) is 16.1. The quantitative estimate of drug-likeness (QED) is 0.379.